The van der Waals surface area contributed by atoms with Gasteiger partial charge in [-0.2, -0.15) is 0 Å². The minimum atomic E-state index is -0.0851. The van der Waals surface area contributed by atoms with E-state index in [4.69, 9.17) is 0 Å². The SMILES string of the molecule is C/C=C/CSC1=[NH+]C(c2ccccc2)C(C(C)=O)=C(C)N1.[Br-]. The first-order valence-corrected chi connectivity index (χ1v) is 8.03. The molecule has 0 radical (unpaired) electrons. The number of Topliss-reactive ketones (excluding diaryl/α,β-unsaturated/α-hetero) is 1. The standard InChI is InChI=1S/C17H20N2OS.BrH/c1-4-5-11-21-17-18-12(2)15(13(3)20)16(19-17)14-9-7-6-8-10-14;/h4-10,16H,11H2,1-3H3,(H,18,19);1H/b5-4+;. The summed E-state index contributed by atoms with van der Waals surface area (Å²) in [6.07, 6.45) is 4.15. The normalized spacial score (nSPS) is 17.8. The lowest BCUT2D eigenvalue weighted by atomic mass is 9.94. The Bertz CT molecular complexity index is 608. The van der Waals surface area contributed by atoms with Crippen LogP contribution >= 0.6 is 11.8 Å². The van der Waals surface area contributed by atoms with Gasteiger partial charge < -0.3 is 17.0 Å². The van der Waals surface area contributed by atoms with Crippen molar-refractivity contribution in [3.8, 4) is 0 Å². The average Bonchev–Trinajstić information content (AvgIpc) is 2.47. The van der Waals surface area contributed by atoms with Crippen LogP contribution in [0.3, 0.4) is 0 Å². The molecule has 22 heavy (non-hydrogen) atoms. The summed E-state index contributed by atoms with van der Waals surface area (Å²) in [5, 5.41) is 4.29. The molecule has 1 heterocycles. The van der Waals surface area contributed by atoms with Gasteiger partial charge in [-0.1, -0.05) is 42.5 Å². The van der Waals surface area contributed by atoms with Crippen molar-refractivity contribution < 1.29 is 26.8 Å². The van der Waals surface area contributed by atoms with E-state index in [1.54, 1.807) is 18.7 Å². The minimum absolute atomic E-state index is 0. The molecule has 2 rings (SSSR count). The highest BCUT2D eigenvalue weighted by Gasteiger charge is 2.31. The van der Waals surface area contributed by atoms with E-state index in [0.717, 1.165) is 27.8 Å². The predicted octanol–water partition coefficient (Wildman–Crippen LogP) is -1.06. The van der Waals surface area contributed by atoms with Gasteiger partial charge >= 0.3 is 5.17 Å². The Kier molecular flexibility index (Phi) is 7.62. The first-order valence-electron chi connectivity index (χ1n) is 7.04. The van der Waals surface area contributed by atoms with Gasteiger partial charge in [-0.15, -0.1) is 0 Å². The van der Waals surface area contributed by atoms with Crippen molar-refractivity contribution in [3.63, 3.8) is 0 Å². The highest BCUT2D eigenvalue weighted by Crippen LogP contribution is 2.22. The Balaban J connectivity index is 0.00000242. The number of ketones is 1. The van der Waals surface area contributed by atoms with E-state index >= 15 is 0 Å². The number of halogens is 1. The molecule has 0 spiro atoms. The van der Waals surface area contributed by atoms with Gasteiger partial charge in [0.2, 0.25) is 0 Å². The molecule has 3 nitrogen and oxygen atoms in total. The summed E-state index contributed by atoms with van der Waals surface area (Å²) in [5.41, 5.74) is 2.84. The molecule has 0 saturated heterocycles. The van der Waals surface area contributed by atoms with Crippen LogP contribution in [0, 0.1) is 0 Å². The lowest BCUT2D eigenvalue weighted by Gasteiger charge is -2.20. The molecule has 2 N–H and O–H groups in total. The van der Waals surface area contributed by atoms with Crippen LogP contribution < -0.4 is 27.3 Å². The van der Waals surface area contributed by atoms with Crippen LogP contribution in [-0.2, 0) is 4.79 Å². The second-order valence-electron chi connectivity index (χ2n) is 4.92. The summed E-state index contributed by atoms with van der Waals surface area (Å²) in [7, 11) is 0. The average molecular weight is 381 g/mol. The van der Waals surface area contributed by atoms with Crippen LogP contribution in [0.25, 0.3) is 0 Å². The Labute approximate surface area is 146 Å². The van der Waals surface area contributed by atoms with Gasteiger partial charge in [0, 0.05) is 11.3 Å². The molecule has 1 aliphatic heterocycles. The number of carbonyl (C=O) groups excluding carboxylic acids is 1. The molecule has 0 fully saturated rings. The van der Waals surface area contributed by atoms with Crippen LogP contribution in [0.1, 0.15) is 32.4 Å². The van der Waals surface area contributed by atoms with Crippen molar-refractivity contribution in [3.05, 3.63) is 59.3 Å². The fourth-order valence-electron chi connectivity index (χ4n) is 2.36. The van der Waals surface area contributed by atoms with Gasteiger partial charge in [-0.25, -0.2) is 5.32 Å². The predicted molar refractivity (Wildman–Crippen MR) is 88.9 cm³/mol. The van der Waals surface area contributed by atoms with Gasteiger partial charge in [-0.05, 0) is 32.5 Å². The molecule has 1 aliphatic rings. The van der Waals surface area contributed by atoms with Crippen LogP contribution in [0.4, 0.5) is 0 Å². The molecule has 0 bridgehead atoms. The topological polar surface area (TPSA) is 43.1 Å². The molecule has 1 aromatic carbocycles. The van der Waals surface area contributed by atoms with Gasteiger partial charge in [-0.3, -0.25) is 9.79 Å². The third-order valence-electron chi connectivity index (χ3n) is 3.34. The maximum absolute atomic E-state index is 12.0. The van der Waals surface area contributed by atoms with Gasteiger partial charge in [0.05, 0.1) is 5.57 Å². The number of benzene rings is 1. The van der Waals surface area contributed by atoms with E-state index in [2.05, 4.69) is 16.4 Å². The number of hydrogen-bond acceptors (Lipinski definition) is 3. The fourth-order valence-corrected chi connectivity index (χ4v) is 3.24. The van der Waals surface area contributed by atoms with Gasteiger partial charge in [0.1, 0.15) is 5.70 Å². The van der Waals surface area contributed by atoms with E-state index in [9.17, 15) is 4.79 Å². The Morgan fingerprint density at radius 1 is 1.36 bits per heavy atom. The third kappa shape index (κ3) is 4.58. The molecular formula is C17H21BrN2OS. The first kappa shape index (κ1) is 18.7. The maximum atomic E-state index is 12.0. The summed E-state index contributed by atoms with van der Waals surface area (Å²) in [4.78, 5) is 15.4. The van der Waals surface area contributed by atoms with Crippen molar-refractivity contribution in [2.75, 3.05) is 5.75 Å². The molecule has 0 saturated carbocycles. The first-order chi connectivity index (χ1) is 10.1. The van der Waals surface area contributed by atoms with Crippen LogP contribution in [0.15, 0.2) is 53.8 Å². The van der Waals surface area contributed by atoms with Crippen molar-refractivity contribution in [2.24, 2.45) is 0 Å². The highest BCUT2D eigenvalue weighted by atomic mass is 79.9. The Morgan fingerprint density at radius 2 is 2.05 bits per heavy atom. The summed E-state index contributed by atoms with van der Waals surface area (Å²) >= 11 is 1.70. The van der Waals surface area contributed by atoms with Crippen molar-refractivity contribution in [1.82, 2.24) is 5.32 Å². The van der Waals surface area contributed by atoms with E-state index in [-0.39, 0.29) is 28.8 Å². The molecular weight excluding hydrogens is 360 g/mol. The van der Waals surface area contributed by atoms with E-state index in [1.165, 1.54) is 0 Å². The maximum Gasteiger partial charge on any atom is 0.309 e. The van der Waals surface area contributed by atoms with Gasteiger partial charge in [0.25, 0.3) is 0 Å². The quantitative estimate of drug-likeness (QED) is 0.654. The Hall–Kier alpha value is -1.33. The highest BCUT2D eigenvalue weighted by molar-refractivity contribution is 8.13. The van der Waals surface area contributed by atoms with E-state index < -0.39 is 0 Å². The third-order valence-corrected chi connectivity index (χ3v) is 4.21. The smallest absolute Gasteiger partial charge is 0.309 e. The zero-order chi connectivity index (χ0) is 15.2. The second-order valence-corrected chi connectivity index (χ2v) is 5.95. The number of rotatable bonds is 4. The molecule has 0 aromatic heterocycles. The lowest BCUT2D eigenvalue weighted by molar-refractivity contribution is -0.498. The molecule has 5 heteroatoms. The van der Waals surface area contributed by atoms with Crippen LogP contribution in [0.5, 0.6) is 0 Å². The summed E-state index contributed by atoms with van der Waals surface area (Å²) in [6.45, 7) is 5.60. The van der Waals surface area contributed by atoms with Crippen molar-refractivity contribution in [2.45, 2.75) is 26.8 Å². The Morgan fingerprint density at radius 3 is 2.64 bits per heavy atom. The monoisotopic (exact) mass is 380 g/mol. The minimum Gasteiger partial charge on any atom is -1.00 e. The van der Waals surface area contributed by atoms with E-state index in [0.29, 0.717) is 0 Å². The molecule has 1 unspecified atom stereocenters. The lowest BCUT2D eigenvalue weighted by Crippen LogP contribution is -3.00. The number of allylic oxidation sites excluding steroid dienone is 2. The second kappa shape index (κ2) is 8.96. The molecule has 1 aromatic rings. The fraction of sp³-hybridized carbons (Fsp3) is 0.294. The number of nitrogens with one attached hydrogen (secondary N) is 2. The molecule has 118 valence electrons. The van der Waals surface area contributed by atoms with Crippen molar-refractivity contribution in [1.29, 1.82) is 0 Å². The summed E-state index contributed by atoms with van der Waals surface area (Å²) in [5.74, 6) is 0.995. The molecule has 0 aliphatic carbocycles. The number of thioether (sulfide) groups is 1. The van der Waals surface area contributed by atoms with Crippen LogP contribution in [0.2, 0.25) is 0 Å². The zero-order valence-corrected chi connectivity index (χ0v) is 15.4. The number of hydrogen-bond donors (Lipinski definition) is 2. The van der Waals surface area contributed by atoms with Crippen LogP contribution in [-0.4, -0.2) is 16.7 Å². The number of carbonyl (C=O) groups is 1. The van der Waals surface area contributed by atoms with E-state index in [1.807, 2.05) is 50.3 Å². The summed E-state index contributed by atoms with van der Waals surface area (Å²) < 4.78 is 0. The largest absolute Gasteiger partial charge is 1.00 e. The number of amidine groups is 1. The van der Waals surface area contributed by atoms with Gasteiger partial charge in [0.15, 0.2) is 11.8 Å². The molecule has 1 atom stereocenters. The zero-order valence-electron chi connectivity index (χ0n) is 13.0. The molecule has 0 amide bonds. The summed E-state index contributed by atoms with van der Waals surface area (Å²) in [6, 6.07) is 10.00. The van der Waals surface area contributed by atoms with Crippen molar-refractivity contribution >= 4 is 22.7 Å².